The number of hydrogen-bond acceptors (Lipinski definition) is 7. The molecule has 30 heavy (non-hydrogen) atoms. The number of rotatable bonds is 4. The first kappa shape index (κ1) is 19.3. The van der Waals surface area contributed by atoms with Crippen LogP contribution in [0.4, 0.5) is 11.6 Å². The molecule has 2 heterocycles. The molecule has 1 atom stereocenters. The van der Waals surface area contributed by atoms with Crippen molar-refractivity contribution in [3.05, 3.63) is 54.2 Å². The first-order valence-corrected chi connectivity index (χ1v) is 9.35. The lowest BCUT2D eigenvalue weighted by molar-refractivity contribution is -0.124. The molecule has 1 aromatic heterocycles. The van der Waals surface area contributed by atoms with Gasteiger partial charge in [-0.05, 0) is 37.3 Å². The number of guanidine groups is 1. The number of para-hydroxylation sites is 1. The van der Waals surface area contributed by atoms with E-state index in [1.807, 2.05) is 43.3 Å². The maximum absolute atomic E-state index is 12.5. The van der Waals surface area contributed by atoms with Gasteiger partial charge in [-0.2, -0.15) is 0 Å². The number of anilines is 2. The van der Waals surface area contributed by atoms with Crippen molar-refractivity contribution in [3.63, 3.8) is 0 Å². The van der Waals surface area contributed by atoms with Gasteiger partial charge in [0, 0.05) is 11.1 Å². The number of nitrogens with zero attached hydrogens (tertiary/aromatic N) is 3. The fourth-order valence-electron chi connectivity index (χ4n) is 3.10. The molecule has 1 aliphatic rings. The van der Waals surface area contributed by atoms with Crippen LogP contribution < -0.4 is 20.7 Å². The maximum Gasteiger partial charge on any atom is 0.249 e. The average molecular weight is 404 g/mol. The minimum Gasteiger partial charge on any atom is -0.497 e. The van der Waals surface area contributed by atoms with Gasteiger partial charge in [0.05, 0.1) is 24.7 Å². The van der Waals surface area contributed by atoms with E-state index in [1.54, 1.807) is 19.2 Å². The number of hydrogen-bond donors (Lipinski definition) is 3. The standard InChI is InChI=1S/C21H20N6O3/c1-12-15-10-14(30-2)8-9-16(15)24-20(22-12)27-21-25-17(11-18(28)26-21)19(29)23-13-6-4-3-5-7-13/h3-10,17H,11H2,1-2H3,(H,23,29)(H2,22,24,25,26,27,28)/t17-/m0/s1. The average Bonchev–Trinajstić information content (AvgIpc) is 2.74. The summed E-state index contributed by atoms with van der Waals surface area (Å²) in [6.45, 7) is 1.85. The third kappa shape index (κ3) is 4.19. The summed E-state index contributed by atoms with van der Waals surface area (Å²) in [6.07, 6.45) is -0.0404. The quantitative estimate of drug-likeness (QED) is 0.614. The Morgan fingerprint density at radius 1 is 1.17 bits per heavy atom. The Bertz CT molecular complexity index is 1150. The van der Waals surface area contributed by atoms with E-state index in [9.17, 15) is 9.59 Å². The van der Waals surface area contributed by atoms with Gasteiger partial charge in [-0.25, -0.2) is 15.0 Å². The predicted molar refractivity (Wildman–Crippen MR) is 114 cm³/mol. The van der Waals surface area contributed by atoms with E-state index in [0.717, 1.165) is 11.1 Å². The molecule has 2 aromatic carbocycles. The Morgan fingerprint density at radius 3 is 2.73 bits per heavy atom. The number of fused-ring (bicyclic) bond motifs is 1. The minimum absolute atomic E-state index is 0.0404. The Labute approximate surface area is 172 Å². The molecule has 3 N–H and O–H groups in total. The van der Waals surface area contributed by atoms with Crippen LogP contribution >= 0.6 is 0 Å². The number of aromatic nitrogens is 2. The van der Waals surface area contributed by atoms with Crippen LogP contribution in [-0.4, -0.2) is 40.9 Å². The molecule has 0 fully saturated rings. The van der Waals surface area contributed by atoms with Crippen LogP contribution in [0.2, 0.25) is 0 Å². The summed E-state index contributed by atoms with van der Waals surface area (Å²) in [7, 11) is 1.60. The number of aryl methyl sites for hydroxylation is 1. The first-order valence-electron chi connectivity index (χ1n) is 9.35. The lowest BCUT2D eigenvalue weighted by Crippen LogP contribution is -2.46. The molecule has 0 saturated heterocycles. The smallest absolute Gasteiger partial charge is 0.249 e. The largest absolute Gasteiger partial charge is 0.497 e. The fraction of sp³-hybridized carbons (Fsp3) is 0.190. The van der Waals surface area contributed by atoms with E-state index in [2.05, 4.69) is 30.9 Å². The zero-order valence-electron chi connectivity index (χ0n) is 16.5. The van der Waals surface area contributed by atoms with E-state index in [0.29, 0.717) is 17.0 Å². The predicted octanol–water partition coefficient (Wildman–Crippen LogP) is 2.24. The summed E-state index contributed by atoms with van der Waals surface area (Å²) in [5.74, 6) is 0.437. The molecule has 0 saturated carbocycles. The highest BCUT2D eigenvalue weighted by molar-refractivity contribution is 6.09. The highest BCUT2D eigenvalue weighted by atomic mass is 16.5. The van der Waals surface area contributed by atoms with Gasteiger partial charge in [-0.3, -0.25) is 20.2 Å². The molecule has 9 nitrogen and oxygen atoms in total. The Kier molecular flexibility index (Phi) is 5.25. The molecule has 0 spiro atoms. The zero-order chi connectivity index (χ0) is 21.1. The molecule has 0 aliphatic carbocycles. The molecule has 1 aliphatic heterocycles. The maximum atomic E-state index is 12.5. The second kappa shape index (κ2) is 8.16. The monoisotopic (exact) mass is 404 g/mol. The Morgan fingerprint density at radius 2 is 1.97 bits per heavy atom. The number of methoxy groups -OCH3 is 1. The van der Waals surface area contributed by atoms with E-state index >= 15 is 0 Å². The van der Waals surface area contributed by atoms with Crippen molar-refractivity contribution >= 4 is 40.3 Å². The number of carbonyl (C=O) groups excluding carboxylic acids is 2. The van der Waals surface area contributed by atoms with Crippen molar-refractivity contribution in [2.45, 2.75) is 19.4 Å². The molecule has 3 aromatic rings. The summed E-state index contributed by atoms with van der Waals surface area (Å²) < 4.78 is 5.24. The SMILES string of the molecule is COc1ccc2nc(NC3=N[C@H](C(=O)Nc4ccccc4)CC(=O)N3)nc(C)c2c1. The number of benzene rings is 2. The Balaban J connectivity index is 1.55. The van der Waals surface area contributed by atoms with Gasteiger partial charge < -0.3 is 10.1 Å². The molecule has 0 unspecified atom stereocenters. The molecule has 0 radical (unpaired) electrons. The summed E-state index contributed by atoms with van der Waals surface area (Å²) in [5.41, 5.74) is 2.09. The van der Waals surface area contributed by atoms with Crippen molar-refractivity contribution in [1.82, 2.24) is 15.3 Å². The molecular formula is C21H20N6O3. The highest BCUT2D eigenvalue weighted by Gasteiger charge is 2.27. The number of aliphatic imine (C=N–C) groups is 1. The second-order valence-corrected chi connectivity index (χ2v) is 6.74. The number of ether oxygens (including phenoxy) is 1. The van der Waals surface area contributed by atoms with Gasteiger partial charge >= 0.3 is 0 Å². The number of nitrogens with one attached hydrogen (secondary N) is 3. The highest BCUT2D eigenvalue weighted by Crippen LogP contribution is 2.22. The van der Waals surface area contributed by atoms with Crippen molar-refractivity contribution < 1.29 is 14.3 Å². The van der Waals surface area contributed by atoms with Crippen LogP contribution in [0.25, 0.3) is 10.9 Å². The molecule has 2 amide bonds. The Hall–Kier alpha value is -4.01. The van der Waals surface area contributed by atoms with Gasteiger partial charge in [0.15, 0.2) is 0 Å². The normalized spacial score (nSPS) is 15.9. The number of amides is 2. The van der Waals surface area contributed by atoms with Crippen molar-refractivity contribution in [2.24, 2.45) is 4.99 Å². The van der Waals surface area contributed by atoms with Crippen molar-refractivity contribution in [3.8, 4) is 5.75 Å². The topological polar surface area (TPSA) is 118 Å². The lowest BCUT2D eigenvalue weighted by Gasteiger charge is -2.21. The van der Waals surface area contributed by atoms with E-state index in [4.69, 9.17) is 4.74 Å². The van der Waals surface area contributed by atoms with Crippen LogP contribution in [0.1, 0.15) is 12.1 Å². The van der Waals surface area contributed by atoms with E-state index in [1.165, 1.54) is 0 Å². The minimum atomic E-state index is -0.854. The molecule has 152 valence electrons. The van der Waals surface area contributed by atoms with E-state index < -0.39 is 6.04 Å². The van der Waals surface area contributed by atoms with Gasteiger partial charge in [0.25, 0.3) is 0 Å². The van der Waals surface area contributed by atoms with Crippen LogP contribution in [0.15, 0.2) is 53.5 Å². The van der Waals surface area contributed by atoms with Gasteiger partial charge in [0.2, 0.25) is 23.7 Å². The fourth-order valence-corrected chi connectivity index (χ4v) is 3.10. The van der Waals surface area contributed by atoms with Crippen LogP contribution in [0.3, 0.4) is 0 Å². The van der Waals surface area contributed by atoms with Gasteiger partial charge in [-0.1, -0.05) is 18.2 Å². The summed E-state index contributed by atoms with van der Waals surface area (Å²) in [5, 5.41) is 9.15. The van der Waals surface area contributed by atoms with E-state index in [-0.39, 0.29) is 30.1 Å². The van der Waals surface area contributed by atoms with Crippen molar-refractivity contribution in [2.75, 3.05) is 17.7 Å². The van der Waals surface area contributed by atoms with Crippen LogP contribution in [0.5, 0.6) is 5.75 Å². The van der Waals surface area contributed by atoms with Crippen LogP contribution in [-0.2, 0) is 9.59 Å². The summed E-state index contributed by atoms with van der Waals surface area (Å²) in [4.78, 5) is 37.8. The number of carbonyl (C=O) groups is 2. The van der Waals surface area contributed by atoms with Crippen molar-refractivity contribution in [1.29, 1.82) is 0 Å². The van der Waals surface area contributed by atoms with Crippen LogP contribution in [0, 0.1) is 6.92 Å². The molecule has 0 bridgehead atoms. The molecule has 9 heteroatoms. The second-order valence-electron chi connectivity index (χ2n) is 6.74. The summed E-state index contributed by atoms with van der Waals surface area (Å²) in [6, 6.07) is 13.7. The summed E-state index contributed by atoms with van der Waals surface area (Å²) >= 11 is 0. The molecular weight excluding hydrogens is 384 g/mol. The molecule has 4 rings (SSSR count). The third-order valence-electron chi connectivity index (χ3n) is 4.59. The third-order valence-corrected chi connectivity index (χ3v) is 4.59. The van der Waals surface area contributed by atoms with Gasteiger partial charge in [0.1, 0.15) is 11.8 Å². The zero-order valence-corrected chi connectivity index (χ0v) is 16.5. The lowest BCUT2D eigenvalue weighted by atomic mass is 10.1. The first-order chi connectivity index (χ1) is 14.5. The van der Waals surface area contributed by atoms with Gasteiger partial charge in [-0.15, -0.1) is 0 Å².